The molecule has 1 fully saturated rings. The molecule has 0 aromatic heterocycles. The summed E-state index contributed by atoms with van der Waals surface area (Å²) in [6, 6.07) is 0. The zero-order valence-corrected chi connectivity index (χ0v) is 5.07. The number of ether oxygens (including phenoxy) is 1. The summed E-state index contributed by atoms with van der Waals surface area (Å²) in [5.74, 6) is -4.14. The van der Waals surface area contributed by atoms with Crippen LogP contribution in [0.4, 0.5) is 0 Å². The molecule has 2 atom stereocenters. The molecule has 2 unspecified atom stereocenters. The maximum atomic E-state index is 10.8. The molecule has 54 valence electrons. The maximum absolute atomic E-state index is 10.8. The molecule has 1 saturated heterocycles. The van der Waals surface area contributed by atoms with Crippen LogP contribution in [0.3, 0.4) is 0 Å². The second kappa shape index (κ2) is 1.32. The van der Waals surface area contributed by atoms with Crippen LogP contribution in [0.15, 0.2) is 12.2 Å². The molecule has 0 radical (unpaired) electrons. The van der Waals surface area contributed by atoms with E-state index in [-0.39, 0.29) is 6.42 Å². The van der Waals surface area contributed by atoms with E-state index in [0.29, 0.717) is 0 Å². The molecule has 4 heteroatoms. The van der Waals surface area contributed by atoms with Crippen molar-refractivity contribution in [2.75, 3.05) is 0 Å². The van der Waals surface area contributed by atoms with E-state index in [4.69, 9.17) is 10.2 Å². The Morgan fingerprint density at radius 3 is 2.80 bits per heavy atom. The fraction of sp³-hybridized carbons (Fsp3) is 0.500. The van der Waals surface area contributed by atoms with Crippen LogP contribution in [0.1, 0.15) is 6.42 Å². The average Bonchev–Trinajstić information content (AvgIpc) is 2.38. The van der Waals surface area contributed by atoms with Gasteiger partial charge in [-0.05, 0) is 6.08 Å². The van der Waals surface area contributed by atoms with E-state index in [1.165, 1.54) is 12.2 Å². The minimum Gasteiger partial charge on any atom is -0.358 e. The van der Waals surface area contributed by atoms with Gasteiger partial charge in [-0.3, -0.25) is 9.53 Å². The predicted molar refractivity (Wildman–Crippen MR) is 29.7 cm³/mol. The van der Waals surface area contributed by atoms with Gasteiger partial charge in [0.25, 0.3) is 11.6 Å². The second-order valence-electron chi connectivity index (χ2n) is 2.47. The Morgan fingerprint density at radius 2 is 2.30 bits per heavy atom. The van der Waals surface area contributed by atoms with E-state index in [1.54, 1.807) is 0 Å². The van der Waals surface area contributed by atoms with E-state index in [2.05, 4.69) is 4.74 Å². The van der Waals surface area contributed by atoms with Crippen molar-refractivity contribution in [1.29, 1.82) is 0 Å². The van der Waals surface area contributed by atoms with Gasteiger partial charge in [-0.1, -0.05) is 6.08 Å². The van der Waals surface area contributed by atoms with E-state index in [0.717, 1.165) is 0 Å². The average molecular weight is 142 g/mol. The van der Waals surface area contributed by atoms with Crippen LogP contribution in [0.25, 0.3) is 0 Å². The lowest BCUT2D eigenvalue weighted by Gasteiger charge is -2.07. The minimum atomic E-state index is -1.93. The van der Waals surface area contributed by atoms with Crippen LogP contribution in [0.2, 0.25) is 0 Å². The molecular weight excluding hydrogens is 136 g/mol. The molecule has 2 N–H and O–H groups in total. The molecule has 10 heavy (non-hydrogen) atoms. The van der Waals surface area contributed by atoms with Crippen molar-refractivity contribution in [3.8, 4) is 0 Å². The number of allylic oxidation sites excluding steroid dienone is 1. The van der Waals surface area contributed by atoms with Crippen molar-refractivity contribution in [1.82, 2.24) is 0 Å². The minimum absolute atomic E-state index is 0.124. The molecule has 4 nitrogen and oxygen atoms in total. The van der Waals surface area contributed by atoms with Gasteiger partial charge in [-0.25, -0.2) is 0 Å². The van der Waals surface area contributed by atoms with Gasteiger partial charge in [0, 0.05) is 6.42 Å². The van der Waals surface area contributed by atoms with Crippen molar-refractivity contribution >= 4 is 5.78 Å². The zero-order chi connectivity index (χ0) is 7.41. The molecule has 2 rings (SSSR count). The lowest BCUT2D eigenvalue weighted by Crippen LogP contribution is -2.34. The molecule has 0 aromatic carbocycles. The molecule has 0 spiro atoms. The Balaban J connectivity index is 2.42. The summed E-state index contributed by atoms with van der Waals surface area (Å²) in [6.07, 6.45) is 2.89. The number of epoxide rings is 1. The van der Waals surface area contributed by atoms with Crippen LogP contribution in [0, 0.1) is 0 Å². The van der Waals surface area contributed by atoms with Gasteiger partial charge in [0.05, 0.1) is 0 Å². The SMILES string of the molecule is O=C1CC=CC2(O)OC12O. The lowest BCUT2D eigenvalue weighted by atomic mass is 10.0. The quantitative estimate of drug-likeness (QED) is 0.333. The van der Waals surface area contributed by atoms with Crippen LogP contribution < -0.4 is 0 Å². The number of carbonyl (C=O) groups is 1. The summed E-state index contributed by atoms with van der Waals surface area (Å²) >= 11 is 0. The van der Waals surface area contributed by atoms with Crippen molar-refractivity contribution in [2.24, 2.45) is 0 Å². The molecule has 0 bridgehead atoms. The number of fused-ring (bicyclic) bond motifs is 1. The van der Waals surface area contributed by atoms with Crippen molar-refractivity contribution < 1.29 is 19.7 Å². The summed E-state index contributed by atoms with van der Waals surface area (Å²) < 4.78 is 4.44. The van der Waals surface area contributed by atoms with Crippen LogP contribution >= 0.6 is 0 Å². The van der Waals surface area contributed by atoms with E-state index >= 15 is 0 Å². The largest absolute Gasteiger partial charge is 0.358 e. The highest BCUT2D eigenvalue weighted by Crippen LogP contribution is 2.48. The first kappa shape index (κ1) is 6.03. The van der Waals surface area contributed by atoms with Gasteiger partial charge in [0.2, 0.25) is 5.78 Å². The maximum Gasteiger partial charge on any atom is 0.289 e. The highest BCUT2D eigenvalue weighted by molar-refractivity contribution is 5.92. The number of carbonyl (C=O) groups excluding carboxylic acids is 1. The molecular formula is C6H6O4. The first-order valence-corrected chi connectivity index (χ1v) is 2.94. The molecule has 1 aliphatic heterocycles. The van der Waals surface area contributed by atoms with Gasteiger partial charge in [0.1, 0.15) is 0 Å². The zero-order valence-electron chi connectivity index (χ0n) is 5.07. The Bertz CT molecular complexity index is 234. The Kier molecular flexibility index (Phi) is 0.794. The highest BCUT2D eigenvalue weighted by atomic mass is 16.8. The summed E-state index contributed by atoms with van der Waals surface area (Å²) in [6.45, 7) is 0. The van der Waals surface area contributed by atoms with E-state index < -0.39 is 17.4 Å². The second-order valence-corrected chi connectivity index (χ2v) is 2.47. The monoisotopic (exact) mass is 142 g/mol. The molecule has 0 aromatic rings. The van der Waals surface area contributed by atoms with E-state index in [1.807, 2.05) is 0 Å². The van der Waals surface area contributed by atoms with Gasteiger partial charge in [-0.2, -0.15) is 0 Å². The van der Waals surface area contributed by atoms with Crippen molar-refractivity contribution in [3.05, 3.63) is 12.2 Å². The molecule has 0 amide bonds. The van der Waals surface area contributed by atoms with Gasteiger partial charge in [-0.15, -0.1) is 0 Å². The molecule has 1 aliphatic carbocycles. The fourth-order valence-electron chi connectivity index (χ4n) is 1.07. The molecule has 1 heterocycles. The third-order valence-corrected chi connectivity index (χ3v) is 1.77. The number of hydrogen-bond donors (Lipinski definition) is 2. The fourth-order valence-corrected chi connectivity index (χ4v) is 1.07. The van der Waals surface area contributed by atoms with Crippen LogP contribution in [0.5, 0.6) is 0 Å². The number of aliphatic hydroxyl groups is 2. The van der Waals surface area contributed by atoms with E-state index in [9.17, 15) is 4.79 Å². The number of Topliss-reactive ketones (excluding diaryl/α,β-unsaturated/α-hetero) is 1. The van der Waals surface area contributed by atoms with Crippen LogP contribution in [-0.2, 0) is 9.53 Å². The lowest BCUT2D eigenvalue weighted by molar-refractivity contribution is -0.136. The number of rotatable bonds is 0. The summed E-state index contributed by atoms with van der Waals surface area (Å²) in [4.78, 5) is 10.8. The standard InChI is InChI=1S/C6H6O4/c7-4-2-1-3-5(8)6(4,9)10-5/h1,3,8-9H,2H2. The Morgan fingerprint density at radius 1 is 1.60 bits per heavy atom. The Hall–Kier alpha value is -0.710. The first-order valence-electron chi connectivity index (χ1n) is 2.94. The summed E-state index contributed by atoms with van der Waals surface area (Å²) in [5, 5.41) is 18.2. The molecule has 0 saturated carbocycles. The highest BCUT2D eigenvalue weighted by Gasteiger charge is 2.74. The van der Waals surface area contributed by atoms with Crippen LogP contribution in [-0.4, -0.2) is 27.6 Å². The Labute approximate surface area is 56.7 Å². The topological polar surface area (TPSA) is 70.1 Å². The van der Waals surface area contributed by atoms with Gasteiger partial charge < -0.3 is 10.2 Å². The number of ketones is 1. The smallest absolute Gasteiger partial charge is 0.289 e. The summed E-state index contributed by atoms with van der Waals surface area (Å²) in [7, 11) is 0. The normalized spacial score (nSPS) is 50.8. The predicted octanol–water partition coefficient (Wildman–Crippen LogP) is -1.08. The first-order chi connectivity index (χ1) is 4.58. The third kappa shape index (κ3) is 0.451. The summed E-state index contributed by atoms with van der Waals surface area (Å²) in [5.41, 5.74) is 0. The van der Waals surface area contributed by atoms with Gasteiger partial charge >= 0.3 is 0 Å². The third-order valence-electron chi connectivity index (χ3n) is 1.77. The van der Waals surface area contributed by atoms with Crippen molar-refractivity contribution in [2.45, 2.75) is 18.0 Å². The van der Waals surface area contributed by atoms with Crippen molar-refractivity contribution in [3.63, 3.8) is 0 Å². The molecule has 2 aliphatic rings. The number of hydrogen-bond acceptors (Lipinski definition) is 4. The van der Waals surface area contributed by atoms with Gasteiger partial charge in [0.15, 0.2) is 0 Å².